The van der Waals surface area contributed by atoms with Crippen LogP contribution in [0.4, 0.5) is 10.8 Å². The number of thiazole rings is 1. The summed E-state index contributed by atoms with van der Waals surface area (Å²) in [6.07, 6.45) is 2.30. The van der Waals surface area contributed by atoms with Gasteiger partial charge in [-0.25, -0.2) is 17.7 Å². The number of sulfonamides is 1. The number of hydrogen-bond donors (Lipinski definition) is 0. The van der Waals surface area contributed by atoms with Crippen molar-refractivity contribution in [1.82, 2.24) is 4.98 Å². The summed E-state index contributed by atoms with van der Waals surface area (Å²) in [5.74, 6) is -0.269. The maximum atomic E-state index is 13.1. The fourth-order valence-corrected chi connectivity index (χ4v) is 5.38. The minimum atomic E-state index is -3.89. The number of hydrogen-bond acceptors (Lipinski definition) is 5. The van der Waals surface area contributed by atoms with Crippen molar-refractivity contribution in [2.75, 3.05) is 22.3 Å². The predicted molar refractivity (Wildman–Crippen MR) is 106 cm³/mol. The van der Waals surface area contributed by atoms with Crippen LogP contribution in [0.3, 0.4) is 0 Å². The first-order valence-corrected chi connectivity index (χ1v) is 10.7. The highest BCUT2D eigenvalue weighted by Crippen LogP contribution is 2.30. The second kappa shape index (κ2) is 7.13. The highest BCUT2D eigenvalue weighted by molar-refractivity contribution is 7.93. The van der Waals surface area contributed by atoms with Crippen molar-refractivity contribution < 1.29 is 13.2 Å². The molecule has 138 valence electrons. The summed E-state index contributed by atoms with van der Waals surface area (Å²) in [7, 11) is -3.89. The van der Waals surface area contributed by atoms with Crippen molar-refractivity contribution >= 4 is 38.1 Å². The van der Waals surface area contributed by atoms with Gasteiger partial charge < -0.3 is 4.90 Å². The molecule has 0 saturated heterocycles. The molecule has 2 aromatic carbocycles. The summed E-state index contributed by atoms with van der Waals surface area (Å²) in [6.45, 7) is 0.258. The van der Waals surface area contributed by atoms with E-state index >= 15 is 0 Å². The number of amides is 1. The lowest BCUT2D eigenvalue weighted by Crippen LogP contribution is -2.42. The van der Waals surface area contributed by atoms with Crippen LogP contribution >= 0.6 is 11.3 Å². The SMILES string of the molecule is O=C(CN(c1nccs1)S(=O)(=O)c1ccccc1)N1CCc2ccccc21. The van der Waals surface area contributed by atoms with Crippen LogP contribution in [0.5, 0.6) is 0 Å². The van der Waals surface area contributed by atoms with E-state index in [1.165, 1.54) is 29.7 Å². The van der Waals surface area contributed by atoms with Gasteiger partial charge in [-0.1, -0.05) is 36.4 Å². The van der Waals surface area contributed by atoms with Gasteiger partial charge >= 0.3 is 0 Å². The molecular weight excluding hydrogens is 382 g/mol. The summed E-state index contributed by atoms with van der Waals surface area (Å²) in [5.41, 5.74) is 1.94. The molecule has 0 N–H and O–H groups in total. The zero-order valence-electron chi connectivity index (χ0n) is 14.4. The second-order valence-corrected chi connectivity index (χ2v) is 8.80. The van der Waals surface area contributed by atoms with Crippen LogP contribution in [0.25, 0.3) is 0 Å². The second-order valence-electron chi connectivity index (χ2n) is 6.06. The molecule has 3 aromatic rings. The lowest BCUT2D eigenvalue weighted by molar-refractivity contribution is -0.117. The summed E-state index contributed by atoms with van der Waals surface area (Å²) >= 11 is 1.19. The molecule has 1 aromatic heterocycles. The molecule has 0 radical (unpaired) electrons. The molecule has 1 aliphatic heterocycles. The Kier molecular flexibility index (Phi) is 4.67. The Morgan fingerprint density at radius 3 is 2.59 bits per heavy atom. The van der Waals surface area contributed by atoms with Crippen molar-refractivity contribution in [1.29, 1.82) is 0 Å². The van der Waals surface area contributed by atoms with Crippen molar-refractivity contribution in [2.45, 2.75) is 11.3 Å². The summed E-state index contributed by atoms with van der Waals surface area (Å²) < 4.78 is 27.4. The van der Waals surface area contributed by atoms with Gasteiger partial charge in [-0.15, -0.1) is 11.3 Å². The van der Waals surface area contributed by atoms with Crippen LogP contribution < -0.4 is 9.21 Å². The fraction of sp³-hybridized carbons (Fsp3) is 0.158. The van der Waals surface area contributed by atoms with Gasteiger partial charge in [0.05, 0.1) is 4.90 Å². The van der Waals surface area contributed by atoms with E-state index in [0.717, 1.165) is 22.0 Å². The Morgan fingerprint density at radius 1 is 1.11 bits per heavy atom. The number of para-hydroxylation sites is 1. The first kappa shape index (κ1) is 17.7. The maximum absolute atomic E-state index is 13.1. The molecule has 8 heteroatoms. The third kappa shape index (κ3) is 3.33. The number of aromatic nitrogens is 1. The number of nitrogens with zero attached hydrogens (tertiary/aromatic N) is 3. The van der Waals surface area contributed by atoms with Gasteiger partial charge in [-0.3, -0.25) is 4.79 Å². The van der Waals surface area contributed by atoms with Crippen LogP contribution in [-0.4, -0.2) is 32.4 Å². The maximum Gasteiger partial charge on any atom is 0.266 e. The molecule has 0 saturated carbocycles. The predicted octanol–water partition coefficient (Wildman–Crippen LogP) is 2.93. The Morgan fingerprint density at radius 2 is 1.85 bits per heavy atom. The van der Waals surface area contributed by atoms with Gasteiger partial charge in [0.1, 0.15) is 6.54 Å². The average molecular weight is 399 g/mol. The zero-order valence-corrected chi connectivity index (χ0v) is 16.0. The van der Waals surface area contributed by atoms with Crippen LogP contribution in [0.1, 0.15) is 5.56 Å². The molecule has 2 heterocycles. The van der Waals surface area contributed by atoms with Crippen molar-refractivity contribution in [3.8, 4) is 0 Å². The van der Waals surface area contributed by atoms with Crippen molar-refractivity contribution in [3.63, 3.8) is 0 Å². The molecule has 27 heavy (non-hydrogen) atoms. The number of fused-ring (bicyclic) bond motifs is 1. The average Bonchev–Trinajstić information content (AvgIpc) is 3.36. The van der Waals surface area contributed by atoms with Crippen LogP contribution in [0.15, 0.2) is 71.1 Å². The molecule has 0 spiro atoms. The molecular formula is C19H17N3O3S2. The lowest BCUT2D eigenvalue weighted by Gasteiger charge is -2.24. The smallest absolute Gasteiger partial charge is 0.266 e. The van der Waals surface area contributed by atoms with Crippen LogP contribution in [0, 0.1) is 0 Å². The highest BCUT2D eigenvalue weighted by atomic mass is 32.2. The first-order chi connectivity index (χ1) is 13.1. The van der Waals surface area contributed by atoms with Crippen molar-refractivity contribution in [2.24, 2.45) is 0 Å². The molecule has 1 aliphatic rings. The summed E-state index contributed by atoms with van der Waals surface area (Å²) in [5, 5.41) is 1.97. The fourth-order valence-electron chi connectivity index (χ4n) is 3.12. The molecule has 0 unspecified atom stereocenters. The zero-order chi connectivity index (χ0) is 18.9. The quantitative estimate of drug-likeness (QED) is 0.661. The third-order valence-corrected chi connectivity index (χ3v) is 7.09. The molecule has 6 nitrogen and oxygen atoms in total. The number of carbonyl (C=O) groups excluding carboxylic acids is 1. The molecule has 1 amide bonds. The lowest BCUT2D eigenvalue weighted by atomic mass is 10.2. The van der Waals surface area contributed by atoms with E-state index in [2.05, 4.69) is 4.98 Å². The van der Waals surface area contributed by atoms with Gasteiger partial charge in [0.25, 0.3) is 10.0 Å². The van der Waals surface area contributed by atoms with Gasteiger partial charge in [0.15, 0.2) is 5.13 Å². The van der Waals surface area contributed by atoms with E-state index in [0.29, 0.717) is 6.54 Å². The molecule has 0 aliphatic carbocycles. The number of carbonyl (C=O) groups is 1. The topological polar surface area (TPSA) is 70.6 Å². The summed E-state index contributed by atoms with van der Waals surface area (Å²) in [6, 6.07) is 15.8. The molecule has 4 rings (SSSR count). The molecule has 0 fully saturated rings. The Labute approximate surface area is 161 Å². The largest absolute Gasteiger partial charge is 0.310 e. The van der Waals surface area contributed by atoms with E-state index < -0.39 is 10.0 Å². The Hall–Kier alpha value is -2.71. The van der Waals surface area contributed by atoms with Gasteiger partial charge in [-0.2, -0.15) is 0 Å². The van der Waals surface area contributed by atoms with Crippen molar-refractivity contribution in [3.05, 3.63) is 71.7 Å². The van der Waals surface area contributed by atoms with Crippen LogP contribution in [-0.2, 0) is 21.2 Å². The van der Waals surface area contributed by atoms with E-state index in [1.807, 2.05) is 24.3 Å². The normalized spacial score (nSPS) is 13.4. The Balaban J connectivity index is 1.67. The molecule has 0 atom stereocenters. The van der Waals surface area contributed by atoms with Gasteiger partial charge in [-0.05, 0) is 30.2 Å². The van der Waals surface area contributed by atoms with Gasteiger partial charge in [0.2, 0.25) is 5.91 Å². The minimum Gasteiger partial charge on any atom is -0.310 e. The number of anilines is 2. The van der Waals surface area contributed by atoms with E-state index in [9.17, 15) is 13.2 Å². The standard InChI is InChI=1S/C19H17N3O3S2/c23-18(21-12-10-15-6-4-5-9-17(15)21)14-22(19-20-11-13-26-19)27(24,25)16-7-2-1-3-8-16/h1-9,11,13H,10,12,14H2. The monoisotopic (exact) mass is 399 g/mol. The highest BCUT2D eigenvalue weighted by Gasteiger charge is 2.32. The first-order valence-electron chi connectivity index (χ1n) is 8.43. The molecule has 0 bridgehead atoms. The van der Waals surface area contributed by atoms with Gasteiger partial charge in [0, 0.05) is 23.8 Å². The number of rotatable bonds is 5. The third-order valence-electron chi connectivity index (χ3n) is 4.43. The van der Waals surface area contributed by atoms with E-state index in [4.69, 9.17) is 0 Å². The Bertz CT molecular complexity index is 1050. The van der Waals surface area contributed by atoms with Crippen LogP contribution in [0.2, 0.25) is 0 Å². The number of benzene rings is 2. The minimum absolute atomic E-state index is 0.134. The summed E-state index contributed by atoms with van der Waals surface area (Å²) in [4.78, 5) is 18.9. The van der Waals surface area contributed by atoms with E-state index in [-0.39, 0.29) is 22.5 Å². The van der Waals surface area contributed by atoms with E-state index in [1.54, 1.807) is 28.5 Å².